The lowest BCUT2D eigenvalue weighted by molar-refractivity contribution is -0.131. The number of para-hydroxylation sites is 1. The van der Waals surface area contributed by atoms with Gasteiger partial charge in [0.15, 0.2) is 0 Å². The summed E-state index contributed by atoms with van der Waals surface area (Å²) >= 11 is 0. The normalized spacial score (nSPS) is 17.8. The van der Waals surface area contributed by atoms with Crippen molar-refractivity contribution in [3.63, 3.8) is 0 Å². The van der Waals surface area contributed by atoms with Gasteiger partial charge in [-0.1, -0.05) is 42.5 Å². The van der Waals surface area contributed by atoms with E-state index in [-0.39, 0.29) is 17.9 Å². The molecule has 2 N–H and O–H groups in total. The van der Waals surface area contributed by atoms with Crippen LogP contribution in [-0.2, 0) is 37.1 Å². The first-order chi connectivity index (χ1) is 24.0. The molecule has 0 unspecified atom stereocenters. The minimum absolute atomic E-state index is 0.00720. The zero-order valence-corrected chi connectivity index (χ0v) is 30.0. The summed E-state index contributed by atoms with van der Waals surface area (Å²) in [4.78, 5) is 50.2. The smallest absolute Gasteiger partial charge is 0.323 e. The average Bonchev–Trinajstić information content (AvgIpc) is 3.34. The fraction of sp³-hybridized carbons (Fsp3) is 0.390. The zero-order valence-electron chi connectivity index (χ0n) is 30.0. The fourth-order valence-corrected chi connectivity index (χ4v) is 8.14. The van der Waals surface area contributed by atoms with Crippen LogP contribution in [0.25, 0.3) is 11.3 Å². The molecule has 260 valence electrons. The molecule has 9 nitrogen and oxygen atoms in total. The maximum Gasteiger partial charge on any atom is 0.323 e. The molecular weight excluding hydrogens is 624 g/mol. The molecule has 1 aromatic heterocycles. The zero-order chi connectivity index (χ0) is 35.3. The molecule has 4 heterocycles. The Morgan fingerprint density at radius 2 is 1.50 bits per heavy atom. The average molecular weight is 673 g/mol. The number of benzene rings is 3. The van der Waals surface area contributed by atoms with Crippen LogP contribution in [0.1, 0.15) is 61.9 Å². The number of carbonyl (C=O) groups is 3. The molecule has 50 heavy (non-hydrogen) atoms. The molecule has 0 saturated carbocycles. The summed E-state index contributed by atoms with van der Waals surface area (Å²) in [6.07, 6.45) is 1.76. The molecule has 9 heteroatoms. The first-order valence-corrected chi connectivity index (χ1v) is 17.8. The van der Waals surface area contributed by atoms with Gasteiger partial charge in [-0.05, 0) is 105 Å². The van der Waals surface area contributed by atoms with Gasteiger partial charge in [0.05, 0.1) is 12.1 Å². The van der Waals surface area contributed by atoms with Crippen LogP contribution in [0.2, 0.25) is 0 Å². The van der Waals surface area contributed by atoms with Crippen molar-refractivity contribution in [2.24, 2.45) is 5.73 Å². The van der Waals surface area contributed by atoms with Gasteiger partial charge in [0.25, 0.3) is 5.91 Å². The van der Waals surface area contributed by atoms with Gasteiger partial charge >= 0.3 is 6.03 Å². The van der Waals surface area contributed by atoms with Gasteiger partial charge < -0.3 is 25.3 Å². The lowest BCUT2D eigenvalue weighted by atomic mass is 9.89. The number of aromatic nitrogens is 1. The molecule has 1 saturated heterocycles. The number of rotatable bonds is 5. The number of fused-ring (bicyclic) bond motifs is 2. The number of hydrogen-bond acceptors (Lipinski definition) is 5. The lowest BCUT2D eigenvalue weighted by Gasteiger charge is -2.36. The number of nitrogens with two attached hydrogens (primary N) is 1. The van der Waals surface area contributed by atoms with Crippen LogP contribution < -0.4 is 10.6 Å². The Morgan fingerprint density at radius 1 is 0.800 bits per heavy atom. The molecule has 3 aliphatic heterocycles. The third kappa shape index (κ3) is 6.08. The predicted octanol–water partition coefficient (Wildman–Crippen LogP) is 5.47. The third-order valence-electron chi connectivity index (χ3n) is 11.4. The highest BCUT2D eigenvalue weighted by Gasteiger charge is 2.33. The summed E-state index contributed by atoms with van der Waals surface area (Å²) in [6, 6.07) is 20.1. The quantitative estimate of drug-likeness (QED) is 0.304. The van der Waals surface area contributed by atoms with Crippen LogP contribution in [0, 0.1) is 20.8 Å². The number of likely N-dealkylation sites (N-methyl/N-ethyl adjacent to an activating group) is 1. The van der Waals surface area contributed by atoms with E-state index >= 15 is 0 Å². The fourth-order valence-electron chi connectivity index (χ4n) is 8.14. The molecule has 0 bridgehead atoms. The van der Waals surface area contributed by atoms with Crippen molar-refractivity contribution in [2.75, 3.05) is 44.7 Å². The molecule has 3 amide bonds. The molecule has 0 spiro atoms. The Hall–Kier alpha value is -4.89. The maximum absolute atomic E-state index is 14.8. The number of piperazine rings is 1. The van der Waals surface area contributed by atoms with E-state index in [1.54, 1.807) is 4.57 Å². The minimum Gasteiger partial charge on any atom is -0.369 e. The summed E-state index contributed by atoms with van der Waals surface area (Å²) < 4.78 is 1.55. The van der Waals surface area contributed by atoms with Crippen LogP contribution >= 0.6 is 0 Å². The van der Waals surface area contributed by atoms with Gasteiger partial charge in [0, 0.05) is 74.4 Å². The Morgan fingerprint density at radius 3 is 2.24 bits per heavy atom. The molecule has 7 rings (SSSR count). The molecule has 1 fully saturated rings. The first kappa shape index (κ1) is 33.6. The van der Waals surface area contributed by atoms with Crippen LogP contribution in [0.4, 0.5) is 10.5 Å². The van der Waals surface area contributed by atoms with E-state index in [0.717, 1.165) is 77.4 Å². The summed E-state index contributed by atoms with van der Waals surface area (Å²) in [5.74, 6) is 0.00132. The second kappa shape index (κ2) is 13.4. The van der Waals surface area contributed by atoms with E-state index in [9.17, 15) is 14.4 Å². The van der Waals surface area contributed by atoms with Crippen molar-refractivity contribution in [1.29, 1.82) is 0 Å². The minimum atomic E-state index is -0.571. The molecule has 3 aliphatic rings. The number of carbonyl (C=O) groups excluding carboxylic acids is 3. The van der Waals surface area contributed by atoms with E-state index in [4.69, 9.17) is 5.73 Å². The van der Waals surface area contributed by atoms with Crippen molar-refractivity contribution < 1.29 is 14.4 Å². The van der Waals surface area contributed by atoms with E-state index in [1.807, 2.05) is 54.8 Å². The summed E-state index contributed by atoms with van der Waals surface area (Å²) in [5, 5.41) is 0. The molecule has 1 atom stereocenters. The summed E-state index contributed by atoms with van der Waals surface area (Å²) in [5.41, 5.74) is 17.2. The first-order valence-electron chi connectivity index (χ1n) is 17.8. The van der Waals surface area contributed by atoms with Crippen molar-refractivity contribution in [1.82, 2.24) is 19.3 Å². The Kier molecular flexibility index (Phi) is 9.03. The maximum atomic E-state index is 14.8. The topological polar surface area (TPSA) is 95.1 Å². The molecule has 0 aliphatic carbocycles. The van der Waals surface area contributed by atoms with Gasteiger partial charge in [-0.15, -0.1) is 0 Å². The second-order valence-electron chi connectivity index (χ2n) is 14.4. The van der Waals surface area contributed by atoms with Gasteiger partial charge in [0.1, 0.15) is 0 Å². The van der Waals surface area contributed by atoms with Crippen LogP contribution in [0.5, 0.6) is 0 Å². The van der Waals surface area contributed by atoms with Crippen molar-refractivity contribution in [2.45, 2.75) is 66.1 Å². The third-order valence-corrected chi connectivity index (χ3v) is 11.4. The number of anilines is 1. The number of amides is 3. The van der Waals surface area contributed by atoms with Crippen molar-refractivity contribution >= 4 is 23.5 Å². The highest BCUT2D eigenvalue weighted by atomic mass is 16.2. The van der Waals surface area contributed by atoms with Crippen molar-refractivity contribution in [3.05, 3.63) is 111 Å². The summed E-state index contributed by atoms with van der Waals surface area (Å²) in [7, 11) is 2.15. The van der Waals surface area contributed by atoms with E-state index in [0.29, 0.717) is 49.3 Å². The largest absolute Gasteiger partial charge is 0.369 e. The standard InChI is InChI=1S/C41H48N6O3/c1-26-20-30-10-6-7-12-33(30)25-46(26)40(49)36-22-34-24-45(38(48)23-32-11-8-9-13-37(32)44-18-16-43(5)17-19-44)15-14-31(34)21-35(36)39-28(3)27(2)29(4)47(39)41(42)50/h6-13,21-22,26H,14-20,23-25H2,1-5H3,(H2,42,50)/t26-/m1/s1. The van der Waals surface area contributed by atoms with Crippen LogP contribution in [-0.4, -0.2) is 82.9 Å². The van der Waals surface area contributed by atoms with E-state index in [1.165, 1.54) is 5.56 Å². The lowest BCUT2D eigenvalue weighted by Crippen LogP contribution is -2.45. The van der Waals surface area contributed by atoms with Gasteiger partial charge in [-0.25, -0.2) is 4.79 Å². The molecule has 3 aromatic carbocycles. The predicted molar refractivity (Wildman–Crippen MR) is 198 cm³/mol. The Bertz CT molecular complexity index is 1990. The van der Waals surface area contributed by atoms with Gasteiger partial charge in [0.2, 0.25) is 5.91 Å². The van der Waals surface area contributed by atoms with E-state index < -0.39 is 6.03 Å². The van der Waals surface area contributed by atoms with Crippen LogP contribution in [0.15, 0.2) is 60.7 Å². The highest BCUT2D eigenvalue weighted by Crippen LogP contribution is 2.38. The van der Waals surface area contributed by atoms with Crippen LogP contribution in [0.3, 0.4) is 0 Å². The Labute approximate surface area is 295 Å². The highest BCUT2D eigenvalue weighted by molar-refractivity contribution is 6.03. The molecular formula is C41H48N6O3. The monoisotopic (exact) mass is 672 g/mol. The second-order valence-corrected chi connectivity index (χ2v) is 14.4. The van der Waals surface area contributed by atoms with Crippen molar-refractivity contribution in [3.8, 4) is 11.3 Å². The number of hydrogen-bond donors (Lipinski definition) is 1. The number of nitrogens with zero attached hydrogens (tertiary/aromatic N) is 5. The van der Waals surface area contributed by atoms with Gasteiger partial charge in [-0.3, -0.25) is 14.2 Å². The SMILES string of the molecule is Cc1c(C)c(-c2cc3c(cc2C(=O)N2Cc4ccccc4C[C@H]2C)CN(C(=O)Cc2ccccc2N2CCN(C)CC2)CC3)n(C(N)=O)c1C. The van der Waals surface area contributed by atoms with E-state index in [2.05, 4.69) is 60.2 Å². The van der Waals surface area contributed by atoms with Gasteiger partial charge in [-0.2, -0.15) is 0 Å². The summed E-state index contributed by atoms with van der Waals surface area (Å²) in [6.45, 7) is 13.4. The number of primary amides is 1. The molecule has 0 radical (unpaired) electrons. The Balaban J connectivity index is 1.24. The molecule has 4 aromatic rings.